The molecular formula is C24H33IN4O3. The third-order valence-corrected chi connectivity index (χ3v) is 5.45. The van der Waals surface area contributed by atoms with Crippen molar-refractivity contribution in [3.05, 3.63) is 54.1 Å². The maximum atomic E-state index is 5.82. The molecule has 1 atom stereocenters. The summed E-state index contributed by atoms with van der Waals surface area (Å²) in [5.41, 5.74) is 2.20. The minimum atomic E-state index is 0. The molecule has 1 unspecified atom stereocenters. The second-order valence-corrected chi connectivity index (χ2v) is 7.63. The van der Waals surface area contributed by atoms with Crippen molar-refractivity contribution >= 4 is 35.6 Å². The molecule has 0 aliphatic carbocycles. The predicted octanol–water partition coefficient (Wildman–Crippen LogP) is 3.92. The Morgan fingerprint density at radius 2 is 1.75 bits per heavy atom. The fourth-order valence-corrected chi connectivity index (χ4v) is 3.86. The molecule has 0 aromatic heterocycles. The van der Waals surface area contributed by atoms with Crippen LogP contribution < -0.4 is 20.1 Å². The normalized spacial score (nSPS) is 17.6. The second-order valence-electron chi connectivity index (χ2n) is 7.63. The summed E-state index contributed by atoms with van der Waals surface area (Å²) in [5, 5.41) is 6.78. The van der Waals surface area contributed by atoms with Gasteiger partial charge in [-0.15, -0.1) is 24.0 Å². The predicted molar refractivity (Wildman–Crippen MR) is 139 cm³/mol. The lowest BCUT2D eigenvalue weighted by molar-refractivity contribution is 0.0180. The molecule has 2 aliphatic heterocycles. The first-order chi connectivity index (χ1) is 15.3. The molecule has 0 spiro atoms. The van der Waals surface area contributed by atoms with Gasteiger partial charge < -0.3 is 24.8 Å². The summed E-state index contributed by atoms with van der Waals surface area (Å²) in [4.78, 5) is 7.39. The van der Waals surface area contributed by atoms with Crippen molar-refractivity contribution in [1.82, 2.24) is 10.2 Å². The lowest BCUT2D eigenvalue weighted by Gasteiger charge is -2.34. The van der Waals surface area contributed by atoms with Crippen molar-refractivity contribution in [1.29, 1.82) is 0 Å². The molecule has 2 aromatic rings. The molecule has 2 heterocycles. The summed E-state index contributed by atoms with van der Waals surface area (Å²) >= 11 is 0. The summed E-state index contributed by atoms with van der Waals surface area (Å²) in [6.07, 6.45) is 0.893. The van der Waals surface area contributed by atoms with Gasteiger partial charge in [-0.2, -0.15) is 0 Å². The second kappa shape index (κ2) is 12.9. The van der Waals surface area contributed by atoms with Crippen LogP contribution in [0.4, 0.5) is 5.69 Å². The van der Waals surface area contributed by atoms with Gasteiger partial charge in [-0.25, -0.2) is 0 Å². The Hall–Kier alpha value is -2.04. The van der Waals surface area contributed by atoms with Gasteiger partial charge in [0.05, 0.1) is 39.0 Å². The third-order valence-electron chi connectivity index (χ3n) is 5.45. The molecule has 1 fully saturated rings. The zero-order valence-corrected chi connectivity index (χ0v) is 20.9. The van der Waals surface area contributed by atoms with E-state index >= 15 is 0 Å². The van der Waals surface area contributed by atoms with E-state index in [-0.39, 0.29) is 30.0 Å². The van der Waals surface area contributed by atoms with E-state index in [1.807, 2.05) is 18.2 Å². The van der Waals surface area contributed by atoms with Crippen molar-refractivity contribution in [2.24, 2.45) is 4.99 Å². The van der Waals surface area contributed by atoms with Crippen LogP contribution in [0.15, 0.2) is 53.5 Å². The number of anilines is 1. The van der Waals surface area contributed by atoms with Crippen molar-refractivity contribution in [3.8, 4) is 11.5 Å². The highest BCUT2D eigenvalue weighted by atomic mass is 127. The summed E-state index contributed by atoms with van der Waals surface area (Å²) in [5.74, 6) is 2.32. The van der Waals surface area contributed by atoms with E-state index in [9.17, 15) is 0 Å². The molecule has 4 rings (SSSR count). The van der Waals surface area contributed by atoms with Crippen LogP contribution in [0.2, 0.25) is 0 Å². The number of guanidine groups is 1. The van der Waals surface area contributed by atoms with Crippen LogP contribution in [0.5, 0.6) is 11.5 Å². The van der Waals surface area contributed by atoms with E-state index in [2.05, 4.69) is 52.8 Å². The van der Waals surface area contributed by atoms with Crippen LogP contribution in [-0.4, -0.2) is 63.5 Å². The Bertz CT molecular complexity index is 860. The van der Waals surface area contributed by atoms with E-state index in [4.69, 9.17) is 19.2 Å². The number of halogens is 1. The highest BCUT2D eigenvalue weighted by molar-refractivity contribution is 14.0. The number of ether oxygens (including phenoxy) is 3. The van der Waals surface area contributed by atoms with E-state index in [0.717, 1.165) is 62.4 Å². The van der Waals surface area contributed by atoms with E-state index in [1.54, 1.807) is 0 Å². The maximum absolute atomic E-state index is 5.82. The number of fused-ring (bicyclic) bond motifs is 1. The van der Waals surface area contributed by atoms with Gasteiger partial charge in [0.2, 0.25) is 0 Å². The molecule has 7 nitrogen and oxygen atoms in total. The number of aliphatic imine (C=N–C) groups is 1. The van der Waals surface area contributed by atoms with Crippen LogP contribution in [-0.2, 0) is 4.74 Å². The third kappa shape index (κ3) is 6.73. The van der Waals surface area contributed by atoms with Crippen LogP contribution in [0, 0.1) is 0 Å². The summed E-state index contributed by atoms with van der Waals surface area (Å²) in [6.45, 7) is 8.23. The van der Waals surface area contributed by atoms with Crippen LogP contribution in [0.1, 0.15) is 24.9 Å². The Kier molecular flexibility index (Phi) is 9.89. The number of hydrogen-bond donors (Lipinski definition) is 2. The van der Waals surface area contributed by atoms with Crippen LogP contribution >= 0.6 is 24.0 Å². The van der Waals surface area contributed by atoms with Gasteiger partial charge in [0.1, 0.15) is 0 Å². The smallest absolute Gasteiger partial charge is 0.195 e. The molecule has 2 aromatic carbocycles. The Morgan fingerprint density at radius 3 is 2.50 bits per heavy atom. The molecule has 1 saturated heterocycles. The quantitative estimate of drug-likeness (QED) is 0.322. The summed E-state index contributed by atoms with van der Waals surface area (Å²) in [6, 6.07) is 16.7. The fraction of sp³-hybridized carbons (Fsp3) is 0.458. The first kappa shape index (κ1) is 24.6. The Labute approximate surface area is 207 Å². The Balaban J connectivity index is 0.00000289. The zero-order valence-electron chi connectivity index (χ0n) is 18.6. The fourth-order valence-electron chi connectivity index (χ4n) is 3.86. The lowest BCUT2D eigenvalue weighted by atomic mass is 10.1. The number of nitrogens with one attached hydrogen (secondary N) is 2. The van der Waals surface area contributed by atoms with Gasteiger partial charge in [-0.1, -0.05) is 30.3 Å². The van der Waals surface area contributed by atoms with E-state index < -0.39 is 0 Å². The molecule has 0 bridgehead atoms. The highest BCUT2D eigenvalue weighted by Gasteiger charge is 2.22. The number of benzene rings is 2. The lowest BCUT2D eigenvalue weighted by Crippen LogP contribution is -2.40. The van der Waals surface area contributed by atoms with Crippen molar-refractivity contribution in [2.45, 2.75) is 19.4 Å². The van der Waals surface area contributed by atoms with Gasteiger partial charge >= 0.3 is 0 Å². The molecule has 2 aliphatic rings. The topological polar surface area (TPSA) is 67.4 Å². The summed E-state index contributed by atoms with van der Waals surface area (Å²) < 4.78 is 17.1. The number of morpholine rings is 1. The zero-order chi connectivity index (χ0) is 21.3. The van der Waals surface area contributed by atoms with Gasteiger partial charge in [-0.3, -0.25) is 9.89 Å². The van der Waals surface area contributed by atoms with E-state index in [0.29, 0.717) is 19.8 Å². The first-order valence-corrected chi connectivity index (χ1v) is 11.1. The van der Waals surface area contributed by atoms with Crippen LogP contribution in [0.3, 0.4) is 0 Å². The van der Waals surface area contributed by atoms with Crippen LogP contribution in [0.25, 0.3) is 0 Å². The first-order valence-electron chi connectivity index (χ1n) is 11.1. The van der Waals surface area contributed by atoms with Gasteiger partial charge in [0.25, 0.3) is 0 Å². The van der Waals surface area contributed by atoms with Gasteiger partial charge in [-0.05, 0) is 24.6 Å². The van der Waals surface area contributed by atoms with E-state index in [1.165, 1.54) is 5.56 Å². The van der Waals surface area contributed by atoms with Crippen molar-refractivity contribution in [3.63, 3.8) is 0 Å². The molecule has 0 saturated carbocycles. The molecule has 174 valence electrons. The molecule has 0 radical (unpaired) electrons. The number of rotatable bonds is 6. The molecular weight excluding hydrogens is 519 g/mol. The minimum absolute atomic E-state index is 0. The van der Waals surface area contributed by atoms with Gasteiger partial charge in [0.15, 0.2) is 17.5 Å². The average Bonchev–Trinajstić information content (AvgIpc) is 3.06. The average molecular weight is 552 g/mol. The van der Waals surface area contributed by atoms with Crippen molar-refractivity contribution < 1.29 is 14.2 Å². The summed E-state index contributed by atoms with van der Waals surface area (Å²) in [7, 11) is 0. The molecule has 2 N–H and O–H groups in total. The molecule has 8 heteroatoms. The van der Waals surface area contributed by atoms with Crippen molar-refractivity contribution in [2.75, 3.05) is 57.9 Å². The van der Waals surface area contributed by atoms with Gasteiger partial charge in [0, 0.05) is 37.8 Å². The SMILES string of the molecule is CCNC(=NCC(c1ccccc1)N1CCOCC1)Nc1ccc2c(c1)OCCCO2.I. The molecule has 32 heavy (non-hydrogen) atoms. The monoisotopic (exact) mass is 552 g/mol. The standard InChI is InChI=1S/C24H32N4O3.HI/c1-2-25-24(27-20-9-10-22-23(17-20)31-14-6-13-30-22)26-18-21(19-7-4-3-5-8-19)28-11-15-29-16-12-28;/h3-5,7-10,17,21H,2,6,11-16,18H2,1H3,(H2,25,26,27);1H. The highest BCUT2D eigenvalue weighted by Crippen LogP contribution is 2.32. The number of nitrogens with zero attached hydrogens (tertiary/aromatic N) is 2. The molecule has 0 amide bonds. The maximum Gasteiger partial charge on any atom is 0.195 e. The minimum Gasteiger partial charge on any atom is -0.490 e. The number of hydrogen-bond acceptors (Lipinski definition) is 5. The Morgan fingerprint density at radius 1 is 1.00 bits per heavy atom. The largest absolute Gasteiger partial charge is 0.490 e.